The fourth-order valence-corrected chi connectivity index (χ4v) is 5.63. The lowest BCUT2D eigenvalue weighted by molar-refractivity contribution is -0.115. The zero-order chi connectivity index (χ0) is 19.3. The van der Waals surface area contributed by atoms with Crippen LogP contribution in [0.5, 0.6) is 0 Å². The maximum absolute atomic E-state index is 12.8. The van der Waals surface area contributed by atoms with Gasteiger partial charge >= 0.3 is 0 Å². The van der Waals surface area contributed by atoms with Gasteiger partial charge in [-0.3, -0.25) is 4.79 Å². The molecule has 2 saturated heterocycles. The van der Waals surface area contributed by atoms with Crippen LogP contribution in [0.2, 0.25) is 0 Å². The average molecular weight is 395 g/mol. The molecule has 27 heavy (non-hydrogen) atoms. The fourth-order valence-electron chi connectivity index (χ4n) is 3.84. The van der Waals surface area contributed by atoms with Crippen molar-refractivity contribution >= 4 is 27.1 Å². The standard InChI is InChI=1S/C20H30N2O4S/c1-16(27(24,25)17-10-14-26-15-11-17)20(23)21-18-8-4-5-9-19(18)22-12-6-2-3-7-13-22/h4-5,8-9,16-17H,2-3,6-7,10-15H2,1H3,(H,21,23). The number of carbonyl (C=O) groups excluding carboxylic acids is 1. The zero-order valence-corrected chi connectivity index (χ0v) is 16.8. The molecule has 1 aromatic rings. The Bertz CT molecular complexity index is 736. The highest BCUT2D eigenvalue weighted by Gasteiger charge is 2.36. The molecule has 7 heteroatoms. The highest BCUT2D eigenvalue weighted by Crippen LogP contribution is 2.29. The van der Waals surface area contributed by atoms with Crippen LogP contribution in [0, 0.1) is 0 Å². The van der Waals surface area contributed by atoms with Crippen LogP contribution < -0.4 is 10.2 Å². The summed E-state index contributed by atoms with van der Waals surface area (Å²) >= 11 is 0. The molecule has 1 atom stereocenters. The number of ether oxygens (including phenoxy) is 1. The molecule has 2 fully saturated rings. The summed E-state index contributed by atoms with van der Waals surface area (Å²) in [6.45, 7) is 4.30. The van der Waals surface area contributed by atoms with E-state index in [2.05, 4.69) is 10.2 Å². The number of nitrogens with one attached hydrogen (secondary N) is 1. The normalized spacial score (nSPS) is 20.7. The Morgan fingerprint density at radius 1 is 1.11 bits per heavy atom. The molecule has 2 aliphatic rings. The molecular weight excluding hydrogens is 364 g/mol. The lowest BCUT2D eigenvalue weighted by Crippen LogP contribution is -2.41. The number of nitrogens with zero attached hydrogens (tertiary/aromatic N) is 1. The van der Waals surface area contributed by atoms with E-state index in [1.165, 1.54) is 19.8 Å². The van der Waals surface area contributed by atoms with Gasteiger partial charge in [-0.2, -0.15) is 0 Å². The molecule has 2 heterocycles. The number of hydrogen-bond acceptors (Lipinski definition) is 5. The van der Waals surface area contributed by atoms with Crippen molar-refractivity contribution in [2.75, 3.05) is 36.5 Å². The molecule has 1 aromatic carbocycles. The molecule has 0 saturated carbocycles. The van der Waals surface area contributed by atoms with Crippen molar-refractivity contribution in [3.8, 4) is 0 Å². The first-order chi connectivity index (χ1) is 13.0. The second-order valence-electron chi connectivity index (χ2n) is 7.45. The smallest absolute Gasteiger partial charge is 0.242 e. The number of amides is 1. The molecule has 0 radical (unpaired) electrons. The monoisotopic (exact) mass is 394 g/mol. The largest absolute Gasteiger partial charge is 0.381 e. The van der Waals surface area contributed by atoms with Crippen LogP contribution in [0.1, 0.15) is 45.4 Å². The van der Waals surface area contributed by atoms with E-state index in [1.807, 2.05) is 24.3 Å². The minimum Gasteiger partial charge on any atom is -0.381 e. The van der Waals surface area contributed by atoms with E-state index in [9.17, 15) is 13.2 Å². The molecule has 1 N–H and O–H groups in total. The summed E-state index contributed by atoms with van der Waals surface area (Å²) < 4.78 is 30.9. The van der Waals surface area contributed by atoms with Crippen LogP contribution in [0.25, 0.3) is 0 Å². The van der Waals surface area contributed by atoms with Crippen LogP contribution in [0.3, 0.4) is 0 Å². The molecule has 1 unspecified atom stereocenters. The first-order valence-electron chi connectivity index (χ1n) is 9.95. The summed E-state index contributed by atoms with van der Waals surface area (Å²) in [6.07, 6.45) is 5.65. The van der Waals surface area contributed by atoms with Gasteiger partial charge in [-0.25, -0.2) is 8.42 Å². The average Bonchev–Trinajstić information content (AvgIpc) is 2.98. The number of hydrogen-bond donors (Lipinski definition) is 1. The fraction of sp³-hybridized carbons (Fsp3) is 0.650. The SMILES string of the molecule is CC(C(=O)Nc1ccccc1N1CCCCCC1)S(=O)(=O)C1CCOCC1. The lowest BCUT2D eigenvalue weighted by Gasteiger charge is -2.27. The maximum atomic E-state index is 12.8. The Kier molecular flexibility index (Phi) is 6.76. The molecule has 2 aliphatic heterocycles. The second-order valence-corrected chi connectivity index (χ2v) is 10.0. The molecule has 3 rings (SSSR count). The number of rotatable bonds is 5. The Morgan fingerprint density at radius 3 is 2.41 bits per heavy atom. The van der Waals surface area contributed by atoms with Gasteiger partial charge in [-0.1, -0.05) is 25.0 Å². The van der Waals surface area contributed by atoms with Gasteiger partial charge in [0, 0.05) is 26.3 Å². The van der Waals surface area contributed by atoms with Crippen molar-refractivity contribution in [1.29, 1.82) is 0 Å². The van der Waals surface area contributed by atoms with E-state index >= 15 is 0 Å². The van der Waals surface area contributed by atoms with Crippen LogP contribution in [0.4, 0.5) is 11.4 Å². The van der Waals surface area contributed by atoms with Gasteiger partial charge < -0.3 is 15.0 Å². The summed E-state index contributed by atoms with van der Waals surface area (Å²) in [5, 5.41) is 1.32. The van der Waals surface area contributed by atoms with Crippen molar-refractivity contribution in [3.63, 3.8) is 0 Å². The molecule has 6 nitrogen and oxygen atoms in total. The van der Waals surface area contributed by atoms with Crippen molar-refractivity contribution in [2.45, 2.75) is 55.9 Å². The van der Waals surface area contributed by atoms with Gasteiger partial charge in [0.15, 0.2) is 9.84 Å². The summed E-state index contributed by atoms with van der Waals surface area (Å²) in [5.41, 5.74) is 1.67. The molecular formula is C20H30N2O4S. The van der Waals surface area contributed by atoms with Gasteiger partial charge in [0.2, 0.25) is 5.91 Å². The third kappa shape index (κ3) is 4.82. The summed E-state index contributed by atoms with van der Waals surface area (Å²) in [6, 6.07) is 7.68. The van der Waals surface area contributed by atoms with Crippen molar-refractivity contribution < 1.29 is 17.9 Å². The van der Waals surface area contributed by atoms with Crippen LogP contribution >= 0.6 is 0 Å². The van der Waals surface area contributed by atoms with E-state index in [4.69, 9.17) is 4.74 Å². The van der Waals surface area contributed by atoms with Crippen molar-refractivity contribution in [3.05, 3.63) is 24.3 Å². The predicted octanol–water partition coefficient (Wildman–Crippen LogP) is 2.99. The third-order valence-electron chi connectivity index (χ3n) is 5.60. The van der Waals surface area contributed by atoms with Crippen LogP contribution in [0.15, 0.2) is 24.3 Å². The van der Waals surface area contributed by atoms with Gasteiger partial charge in [-0.15, -0.1) is 0 Å². The predicted molar refractivity (Wildman–Crippen MR) is 108 cm³/mol. The molecule has 0 aliphatic carbocycles. The Hall–Kier alpha value is -1.60. The topological polar surface area (TPSA) is 75.7 Å². The first-order valence-corrected chi connectivity index (χ1v) is 11.6. The zero-order valence-electron chi connectivity index (χ0n) is 16.0. The second kappa shape index (κ2) is 9.06. The van der Waals surface area contributed by atoms with Gasteiger partial charge in [0.05, 0.1) is 16.6 Å². The van der Waals surface area contributed by atoms with E-state index < -0.39 is 26.2 Å². The summed E-state index contributed by atoms with van der Waals surface area (Å²) in [5.74, 6) is -0.455. The molecule has 150 valence electrons. The van der Waals surface area contributed by atoms with Crippen LogP contribution in [-0.2, 0) is 19.4 Å². The minimum absolute atomic E-state index is 0.441. The third-order valence-corrected chi connectivity index (χ3v) is 8.20. The highest BCUT2D eigenvalue weighted by atomic mass is 32.2. The molecule has 0 aromatic heterocycles. The number of benzene rings is 1. The molecule has 0 spiro atoms. The Labute approximate surface area is 162 Å². The van der Waals surface area contributed by atoms with Gasteiger partial charge in [0.25, 0.3) is 0 Å². The summed E-state index contributed by atoms with van der Waals surface area (Å²) in [4.78, 5) is 15.1. The van der Waals surface area contributed by atoms with E-state index in [0.29, 0.717) is 31.7 Å². The first kappa shape index (κ1) is 20.1. The molecule has 1 amide bonds. The van der Waals surface area contributed by atoms with E-state index in [1.54, 1.807) is 0 Å². The molecule has 0 bridgehead atoms. The Balaban J connectivity index is 1.73. The number of carbonyl (C=O) groups is 1. The van der Waals surface area contributed by atoms with Gasteiger partial charge in [0.1, 0.15) is 5.25 Å². The lowest BCUT2D eigenvalue weighted by atomic mass is 10.2. The summed E-state index contributed by atoms with van der Waals surface area (Å²) in [7, 11) is -3.53. The van der Waals surface area contributed by atoms with Gasteiger partial charge in [-0.05, 0) is 44.7 Å². The highest BCUT2D eigenvalue weighted by molar-refractivity contribution is 7.93. The van der Waals surface area contributed by atoms with Crippen LogP contribution in [-0.4, -0.2) is 51.1 Å². The van der Waals surface area contributed by atoms with Crippen molar-refractivity contribution in [1.82, 2.24) is 0 Å². The number of sulfone groups is 1. The number of anilines is 2. The van der Waals surface area contributed by atoms with E-state index in [0.717, 1.165) is 31.6 Å². The quantitative estimate of drug-likeness (QED) is 0.831. The number of para-hydroxylation sites is 2. The van der Waals surface area contributed by atoms with Crippen molar-refractivity contribution in [2.24, 2.45) is 0 Å². The van der Waals surface area contributed by atoms with E-state index in [-0.39, 0.29) is 0 Å². The minimum atomic E-state index is -3.53. The maximum Gasteiger partial charge on any atom is 0.242 e. The Morgan fingerprint density at radius 2 is 1.74 bits per heavy atom.